The first kappa shape index (κ1) is 26.2. The van der Waals surface area contributed by atoms with Crippen LogP contribution in [0.1, 0.15) is 73.6 Å². The quantitative estimate of drug-likeness (QED) is 0.191. The Bertz CT molecular complexity index is 765. The largest absolute Gasteiger partial charge is 0.494 e. The summed E-state index contributed by atoms with van der Waals surface area (Å²) in [5.41, 5.74) is 0.575. The number of ether oxygens (including phenoxy) is 2. The molecule has 33 heavy (non-hydrogen) atoms. The van der Waals surface area contributed by atoms with Gasteiger partial charge in [0.05, 0.1) is 24.3 Å². The Morgan fingerprint density at radius 3 is 1.45 bits per heavy atom. The molecule has 0 aliphatic heterocycles. The molecule has 0 amide bonds. The van der Waals surface area contributed by atoms with Gasteiger partial charge in [0.1, 0.15) is 11.5 Å². The minimum atomic E-state index is -1.06. The Hall–Kier alpha value is -3.10. The van der Waals surface area contributed by atoms with Crippen molar-refractivity contribution in [2.24, 2.45) is 0 Å². The summed E-state index contributed by atoms with van der Waals surface area (Å²) in [6.45, 7) is 7.20. The Morgan fingerprint density at radius 1 is 0.667 bits per heavy atom. The summed E-state index contributed by atoms with van der Waals surface area (Å²) >= 11 is 0. The predicted molar refractivity (Wildman–Crippen MR) is 121 cm³/mol. The molecule has 180 valence electrons. The van der Waals surface area contributed by atoms with E-state index in [2.05, 4.69) is 0 Å². The van der Waals surface area contributed by atoms with Gasteiger partial charge in [-0.1, -0.05) is 27.2 Å². The SMILES string of the molecule is CCCCC(OOC(=O)c1ccc(OCCC)cc1)OOC(=O)c1ccc(OCCC)cc1. The van der Waals surface area contributed by atoms with E-state index in [1.54, 1.807) is 48.5 Å². The van der Waals surface area contributed by atoms with Gasteiger partial charge < -0.3 is 9.47 Å². The van der Waals surface area contributed by atoms with Crippen LogP contribution in [-0.4, -0.2) is 31.4 Å². The number of unbranched alkanes of at least 4 members (excludes halogenated alkanes) is 1. The van der Waals surface area contributed by atoms with Crippen LogP contribution in [0.2, 0.25) is 0 Å². The van der Waals surface area contributed by atoms with Crippen LogP contribution < -0.4 is 9.47 Å². The highest BCUT2D eigenvalue weighted by atomic mass is 17.3. The molecule has 0 unspecified atom stereocenters. The molecule has 0 saturated heterocycles. The minimum Gasteiger partial charge on any atom is -0.494 e. The summed E-state index contributed by atoms with van der Waals surface area (Å²) in [5, 5.41) is 0. The molecule has 0 radical (unpaired) electrons. The predicted octanol–water partition coefficient (Wildman–Crippen LogP) is 5.66. The monoisotopic (exact) mass is 460 g/mol. The van der Waals surface area contributed by atoms with Gasteiger partial charge in [-0.25, -0.2) is 9.59 Å². The molecule has 8 nitrogen and oxygen atoms in total. The van der Waals surface area contributed by atoms with E-state index in [0.717, 1.165) is 19.3 Å². The third-order valence-electron chi connectivity index (χ3n) is 4.38. The Morgan fingerprint density at radius 2 is 1.09 bits per heavy atom. The van der Waals surface area contributed by atoms with Crippen molar-refractivity contribution in [3.8, 4) is 11.5 Å². The highest BCUT2D eigenvalue weighted by Gasteiger charge is 2.19. The fraction of sp³-hybridized carbons (Fsp3) is 0.440. The van der Waals surface area contributed by atoms with Crippen molar-refractivity contribution in [2.75, 3.05) is 13.2 Å². The smallest absolute Gasteiger partial charge is 0.373 e. The van der Waals surface area contributed by atoms with Crippen LogP contribution in [0.4, 0.5) is 0 Å². The first-order valence-electron chi connectivity index (χ1n) is 11.3. The van der Waals surface area contributed by atoms with Gasteiger partial charge in [-0.05, 0) is 67.8 Å². The van der Waals surface area contributed by atoms with Crippen molar-refractivity contribution in [2.45, 2.75) is 59.2 Å². The van der Waals surface area contributed by atoms with Gasteiger partial charge in [0.2, 0.25) is 6.29 Å². The standard InChI is InChI=1S/C25H32O8/c1-4-7-8-23(30-32-24(26)19-9-13-21(14-10-19)28-17-5-2)31-33-25(27)20-11-15-22(16-12-20)29-18-6-3/h9-16,23H,4-8,17-18H2,1-3H3. The summed E-state index contributed by atoms with van der Waals surface area (Å²) in [5.74, 6) is -0.0713. The minimum absolute atomic E-state index is 0.287. The Kier molecular flexibility index (Phi) is 11.8. The van der Waals surface area contributed by atoms with Gasteiger partial charge in [-0.3, -0.25) is 9.78 Å². The number of hydrogen-bond acceptors (Lipinski definition) is 8. The van der Waals surface area contributed by atoms with Crippen LogP contribution in [0.25, 0.3) is 0 Å². The lowest BCUT2D eigenvalue weighted by Crippen LogP contribution is -2.22. The van der Waals surface area contributed by atoms with E-state index in [-0.39, 0.29) is 11.1 Å². The maximum atomic E-state index is 12.3. The van der Waals surface area contributed by atoms with Crippen LogP contribution in [0, 0.1) is 0 Å². The molecule has 0 bridgehead atoms. The molecule has 0 atom stereocenters. The second kappa shape index (κ2) is 14.9. The number of carbonyl (C=O) groups excluding carboxylic acids is 2. The van der Waals surface area contributed by atoms with Crippen LogP contribution in [0.3, 0.4) is 0 Å². The fourth-order valence-electron chi connectivity index (χ4n) is 2.59. The van der Waals surface area contributed by atoms with Gasteiger partial charge in [0.15, 0.2) is 0 Å². The molecule has 2 aromatic carbocycles. The summed E-state index contributed by atoms with van der Waals surface area (Å²) in [7, 11) is 0. The van der Waals surface area contributed by atoms with Crippen LogP contribution in [0.15, 0.2) is 48.5 Å². The lowest BCUT2D eigenvalue weighted by Gasteiger charge is -2.15. The van der Waals surface area contributed by atoms with E-state index < -0.39 is 18.2 Å². The molecule has 0 heterocycles. The zero-order valence-corrected chi connectivity index (χ0v) is 19.4. The van der Waals surface area contributed by atoms with Crippen molar-refractivity contribution < 1.29 is 38.6 Å². The number of hydrogen-bond donors (Lipinski definition) is 0. The van der Waals surface area contributed by atoms with Crippen molar-refractivity contribution in [1.29, 1.82) is 0 Å². The zero-order valence-electron chi connectivity index (χ0n) is 19.4. The molecular weight excluding hydrogens is 428 g/mol. The van der Waals surface area contributed by atoms with Gasteiger partial charge in [-0.15, -0.1) is 9.78 Å². The number of rotatable bonds is 15. The highest BCUT2D eigenvalue weighted by Crippen LogP contribution is 2.16. The van der Waals surface area contributed by atoms with Gasteiger partial charge >= 0.3 is 11.9 Å². The van der Waals surface area contributed by atoms with E-state index in [1.165, 1.54) is 0 Å². The van der Waals surface area contributed by atoms with Crippen LogP contribution >= 0.6 is 0 Å². The van der Waals surface area contributed by atoms with Crippen molar-refractivity contribution in [3.63, 3.8) is 0 Å². The normalized spacial score (nSPS) is 10.7. The van der Waals surface area contributed by atoms with Gasteiger partial charge in [0, 0.05) is 6.42 Å². The molecule has 0 aliphatic carbocycles. The average molecular weight is 461 g/mol. The maximum absolute atomic E-state index is 12.3. The summed E-state index contributed by atoms with van der Waals surface area (Å²) in [6, 6.07) is 13.0. The Balaban J connectivity index is 1.85. The second-order valence-electron chi connectivity index (χ2n) is 7.25. The number of carbonyl (C=O) groups is 2. The average Bonchev–Trinajstić information content (AvgIpc) is 2.86. The van der Waals surface area contributed by atoms with E-state index >= 15 is 0 Å². The molecule has 0 spiro atoms. The molecule has 0 aliphatic rings. The molecule has 0 fully saturated rings. The molecule has 8 heteroatoms. The lowest BCUT2D eigenvalue weighted by molar-refractivity contribution is -0.421. The summed E-state index contributed by atoms with van der Waals surface area (Å²) in [6.07, 6.45) is 2.65. The highest BCUT2D eigenvalue weighted by molar-refractivity contribution is 5.89. The van der Waals surface area contributed by atoms with Crippen LogP contribution in [0.5, 0.6) is 11.5 Å². The first-order chi connectivity index (χ1) is 16.1. The summed E-state index contributed by atoms with van der Waals surface area (Å²) in [4.78, 5) is 44.5. The van der Waals surface area contributed by atoms with Crippen molar-refractivity contribution >= 4 is 11.9 Å². The topological polar surface area (TPSA) is 89.5 Å². The van der Waals surface area contributed by atoms with Crippen molar-refractivity contribution in [1.82, 2.24) is 0 Å². The summed E-state index contributed by atoms with van der Waals surface area (Å²) < 4.78 is 11.0. The van der Waals surface area contributed by atoms with Crippen LogP contribution in [-0.2, 0) is 19.6 Å². The molecule has 2 rings (SSSR count). The fourth-order valence-corrected chi connectivity index (χ4v) is 2.59. The molecule has 0 saturated carbocycles. The molecule has 0 N–H and O–H groups in total. The van der Waals surface area contributed by atoms with E-state index in [9.17, 15) is 9.59 Å². The van der Waals surface area contributed by atoms with E-state index in [4.69, 9.17) is 29.0 Å². The van der Waals surface area contributed by atoms with E-state index in [1.807, 2.05) is 20.8 Å². The molecule has 0 aromatic heterocycles. The van der Waals surface area contributed by atoms with Gasteiger partial charge in [-0.2, -0.15) is 0 Å². The first-order valence-corrected chi connectivity index (χ1v) is 11.3. The van der Waals surface area contributed by atoms with E-state index in [0.29, 0.717) is 37.6 Å². The Labute approximate surface area is 194 Å². The number of benzene rings is 2. The molecular formula is C25H32O8. The third-order valence-corrected chi connectivity index (χ3v) is 4.38. The van der Waals surface area contributed by atoms with Crippen molar-refractivity contribution in [3.05, 3.63) is 59.7 Å². The van der Waals surface area contributed by atoms with Gasteiger partial charge in [0.25, 0.3) is 0 Å². The lowest BCUT2D eigenvalue weighted by atomic mass is 10.2. The third kappa shape index (κ3) is 9.51. The molecule has 2 aromatic rings. The maximum Gasteiger partial charge on any atom is 0.373 e. The zero-order chi connectivity index (χ0) is 23.9. The second-order valence-corrected chi connectivity index (χ2v) is 7.25.